The fraction of sp³-hybridized carbons (Fsp3) is 0.125. The lowest BCUT2D eigenvalue weighted by Gasteiger charge is -2.16. The van der Waals surface area contributed by atoms with Crippen molar-refractivity contribution < 1.29 is 9.59 Å². The maximum atomic E-state index is 12.1. The number of benzene rings is 2. The molecule has 1 aliphatic rings. The van der Waals surface area contributed by atoms with Gasteiger partial charge < -0.3 is 4.90 Å². The van der Waals surface area contributed by atoms with Gasteiger partial charge in [-0.1, -0.05) is 24.3 Å². The van der Waals surface area contributed by atoms with Crippen LogP contribution in [0.5, 0.6) is 0 Å². The third kappa shape index (κ3) is 2.76. The van der Waals surface area contributed by atoms with Gasteiger partial charge >= 0.3 is 0 Å². The number of hydrogen-bond donors (Lipinski definition) is 0. The molecule has 106 valence electrons. The first-order valence-corrected chi connectivity index (χ1v) is 8.29. The summed E-state index contributed by atoms with van der Waals surface area (Å²) in [6.07, 6.45) is 0. The second-order valence-electron chi connectivity index (χ2n) is 4.58. The van der Waals surface area contributed by atoms with Crippen molar-refractivity contribution >= 4 is 45.1 Å². The van der Waals surface area contributed by atoms with E-state index < -0.39 is 11.7 Å². The highest BCUT2D eigenvalue weighted by atomic mass is 79.9. The van der Waals surface area contributed by atoms with Gasteiger partial charge in [-0.05, 0) is 40.2 Å². The van der Waals surface area contributed by atoms with Crippen LogP contribution in [0.3, 0.4) is 0 Å². The lowest BCUT2D eigenvalue weighted by Crippen LogP contribution is -2.31. The highest BCUT2D eigenvalue weighted by molar-refractivity contribution is 9.10. The van der Waals surface area contributed by atoms with E-state index in [1.54, 1.807) is 22.7 Å². The Bertz CT molecular complexity index is 703. The Kier molecular flexibility index (Phi) is 4.12. The van der Waals surface area contributed by atoms with Gasteiger partial charge in [0.05, 0.1) is 11.3 Å². The summed E-state index contributed by atoms with van der Waals surface area (Å²) < 4.78 is 0.677. The third-order valence-electron chi connectivity index (χ3n) is 3.28. The lowest BCUT2D eigenvalue weighted by atomic mass is 10.1. The number of nitrogens with zero attached hydrogens (tertiary/aromatic N) is 1. The molecular weight excluding hydrogens is 350 g/mol. The summed E-state index contributed by atoms with van der Waals surface area (Å²) in [6, 6.07) is 15.5. The van der Waals surface area contributed by atoms with Crippen LogP contribution in [0.15, 0.2) is 57.9 Å². The van der Waals surface area contributed by atoms with Crippen molar-refractivity contribution in [2.24, 2.45) is 0 Å². The highest BCUT2D eigenvalue weighted by Gasteiger charge is 2.36. The molecule has 0 radical (unpaired) electrons. The van der Waals surface area contributed by atoms with Gasteiger partial charge in [-0.25, -0.2) is 0 Å². The zero-order chi connectivity index (χ0) is 14.8. The number of Topliss-reactive ketones (excluding diaryl/α,β-unsaturated/α-hetero) is 1. The summed E-state index contributed by atoms with van der Waals surface area (Å²) in [4.78, 5) is 26.9. The topological polar surface area (TPSA) is 37.4 Å². The number of amides is 1. The number of carbonyl (C=O) groups excluding carboxylic acids is 2. The van der Waals surface area contributed by atoms with E-state index in [0.717, 1.165) is 10.6 Å². The number of ketones is 1. The first-order valence-electron chi connectivity index (χ1n) is 6.51. The molecule has 0 spiro atoms. The van der Waals surface area contributed by atoms with Crippen LogP contribution in [0.1, 0.15) is 10.4 Å². The highest BCUT2D eigenvalue weighted by Crippen LogP contribution is 2.34. The van der Waals surface area contributed by atoms with Crippen LogP contribution in [-0.2, 0) is 4.79 Å². The van der Waals surface area contributed by atoms with Crippen LogP contribution in [0.4, 0.5) is 5.69 Å². The standard InChI is InChI=1S/C16H12BrNO2S/c17-12-7-4-8-13-14(12)15(19)16(20)18(13)9-10-21-11-5-2-1-3-6-11/h1-8H,9-10H2. The van der Waals surface area contributed by atoms with Gasteiger partial charge in [0, 0.05) is 21.7 Å². The van der Waals surface area contributed by atoms with Crippen molar-refractivity contribution in [3.05, 3.63) is 58.6 Å². The molecule has 0 aliphatic carbocycles. The van der Waals surface area contributed by atoms with Gasteiger partial charge in [0.2, 0.25) is 0 Å². The second-order valence-corrected chi connectivity index (χ2v) is 6.60. The molecule has 0 unspecified atom stereocenters. The fourth-order valence-electron chi connectivity index (χ4n) is 2.29. The normalized spacial score (nSPS) is 13.7. The molecule has 0 saturated heterocycles. The van der Waals surface area contributed by atoms with Crippen LogP contribution in [-0.4, -0.2) is 24.0 Å². The van der Waals surface area contributed by atoms with Crippen LogP contribution in [0, 0.1) is 0 Å². The molecule has 1 aliphatic heterocycles. The lowest BCUT2D eigenvalue weighted by molar-refractivity contribution is -0.114. The summed E-state index contributed by atoms with van der Waals surface area (Å²) in [5.41, 5.74) is 1.18. The summed E-state index contributed by atoms with van der Waals surface area (Å²) in [5, 5.41) is 0. The molecule has 0 atom stereocenters. The minimum absolute atomic E-state index is 0.429. The van der Waals surface area contributed by atoms with E-state index in [4.69, 9.17) is 0 Å². The van der Waals surface area contributed by atoms with Crippen LogP contribution >= 0.6 is 27.7 Å². The van der Waals surface area contributed by atoms with E-state index in [2.05, 4.69) is 15.9 Å². The molecule has 0 bridgehead atoms. The Morgan fingerprint density at radius 3 is 2.52 bits per heavy atom. The zero-order valence-corrected chi connectivity index (χ0v) is 13.5. The summed E-state index contributed by atoms with van der Waals surface area (Å²) >= 11 is 5.02. The molecule has 1 heterocycles. The van der Waals surface area contributed by atoms with Crippen molar-refractivity contribution in [2.75, 3.05) is 17.2 Å². The average Bonchev–Trinajstić information content (AvgIpc) is 2.74. The maximum absolute atomic E-state index is 12.1. The number of thioether (sulfide) groups is 1. The van der Waals surface area contributed by atoms with Crippen molar-refractivity contribution in [1.29, 1.82) is 0 Å². The Hall–Kier alpha value is -1.59. The molecule has 0 aromatic heterocycles. The van der Waals surface area contributed by atoms with Crippen molar-refractivity contribution in [3.8, 4) is 0 Å². The summed E-state index contributed by atoms with van der Waals surface area (Å²) in [6.45, 7) is 0.521. The van der Waals surface area contributed by atoms with Crippen molar-refractivity contribution in [2.45, 2.75) is 4.90 Å². The van der Waals surface area contributed by atoms with E-state index in [9.17, 15) is 9.59 Å². The van der Waals surface area contributed by atoms with Crippen molar-refractivity contribution in [1.82, 2.24) is 0 Å². The number of hydrogen-bond acceptors (Lipinski definition) is 3. The summed E-state index contributed by atoms with van der Waals surface area (Å²) in [7, 11) is 0. The molecule has 1 amide bonds. The predicted molar refractivity (Wildman–Crippen MR) is 88.0 cm³/mol. The fourth-order valence-corrected chi connectivity index (χ4v) is 3.69. The van der Waals surface area contributed by atoms with Gasteiger partial charge in [0.25, 0.3) is 11.7 Å². The number of rotatable bonds is 4. The smallest absolute Gasteiger partial charge is 0.299 e. The predicted octanol–water partition coefficient (Wildman–Crippen LogP) is 3.77. The molecular formula is C16H12BrNO2S. The average molecular weight is 362 g/mol. The Labute approximate surface area is 135 Å². The molecule has 0 N–H and O–H groups in total. The minimum atomic E-state index is -0.439. The molecule has 3 nitrogen and oxygen atoms in total. The summed E-state index contributed by atoms with van der Waals surface area (Å²) in [5.74, 6) is -0.123. The van der Waals surface area contributed by atoms with Crippen molar-refractivity contribution in [3.63, 3.8) is 0 Å². The van der Waals surface area contributed by atoms with Crippen LogP contribution in [0.2, 0.25) is 0 Å². The first kappa shape index (κ1) is 14.4. The number of carbonyl (C=O) groups is 2. The van der Waals surface area contributed by atoms with E-state index in [-0.39, 0.29) is 0 Å². The van der Waals surface area contributed by atoms with E-state index in [1.165, 1.54) is 0 Å². The minimum Gasteiger partial charge on any atom is -0.304 e. The number of halogens is 1. The van der Waals surface area contributed by atoms with Crippen LogP contribution in [0.25, 0.3) is 0 Å². The Morgan fingerprint density at radius 2 is 1.76 bits per heavy atom. The maximum Gasteiger partial charge on any atom is 0.299 e. The van der Waals surface area contributed by atoms with E-state index >= 15 is 0 Å². The molecule has 3 rings (SSSR count). The number of fused-ring (bicyclic) bond motifs is 1. The molecule has 2 aromatic rings. The molecule has 2 aromatic carbocycles. The third-order valence-corrected chi connectivity index (χ3v) is 4.93. The van der Waals surface area contributed by atoms with E-state index in [0.29, 0.717) is 22.3 Å². The Balaban J connectivity index is 1.74. The molecule has 0 saturated carbocycles. The van der Waals surface area contributed by atoms with Gasteiger partial charge in [0.15, 0.2) is 0 Å². The largest absolute Gasteiger partial charge is 0.304 e. The van der Waals surface area contributed by atoms with Gasteiger partial charge in [-0.3, -0.25) is 9.59 Å². The second kappa shape index (κ2) is 6.03. The monoisotopic (exact) mass is 361 g/mol. The van der Waals surface area contributed by atoms with Gasteiger partial charge in [0.1, 0.15) is 0 Å². The van der Waals surface area contributed by atoms with Gasteiger partial charge in [-0.15, -0.1) is 11.8 Å². The molecule has 21 heavy (non-hydrogen) atoms. The molecule has 5 heteroatoms. The Morgan fingerprint density at radius 1 is 1.00 bits per heavy atom. The zero-order valence-electron chi connectivity index (χ0n) is 11.1. The molecule has 0 fully saturated rings. The quantitative estimate of drug-likeness (QED) is 0.614. The first-order chi connectivity index (χ1) is 10.2. The number of anilines is 1. The van der Waals surface area contributed by atoms with E-state index in [1.807, 2.05) is 42.5 Å². The van der Waals surface area contributed by atoms with Gasteiger partial charge in [-0.2, -0.15) is 0 Å². The van der Waals surface area contributed by atoms with Crippen LogP contribution < -0.4 is 4.90 Å². The SMILES string of the molecule is O=C1C(=O)N(CCSc2ccccc2)c2cccc(Br)c21.